The Labute approximate surface area is 140 Å². The maximum atomic E-state index is 10.7. The van der Waals surface area contributed by atoms with Gasteiger partial charge in [-0.25, -0.2) is 0 Å². The van der Waals surface area contributed by atoms with Crippen LogP contribution in [0.3, 0.4) is 0 Å². The van der Waals surface area contributed by atoms with Gasteiger partial charge in [-0.1, -0.05) is 24.3 Å². The molecular formula is C18H19N3O3. The van der Waals surface area contributed by atoms with Gasteiger partial charge in [-0.3, -0.25) is 15.1 Å². The SMILES string of the molecule is O=[N+]([O-])c1ccc(COCc2ccccc2C2=NCCCN2)cc1. The van der Waals surface area contributed by atoms with Gasteiger partial charge in [-0.05, 0) is 29.7 Å². The molecule has 0 spiro atoms. The van der Waals surface area contributed by atoms with Crippen LogP contribution in [-0.2, 0) is 18.0 Å². The highest BCUT2D eigenvalue weighted by Gasteiger charge is 2.11. The first-order valence-electron chi connectivity index (χ1n) is 7.92. The number of nitrogens with one attached hydrogen (secondary N) is 1. The quantitative estimate of drug-likeness (QED) is 0.654. The second kappa shape index (κ2) is 7.70. The van der Waals surface area contributed by atoms with Crippen molar-refractivity contribution in [1.82, 2.24) is 5.32 Å². The Bertz CT molecular complexity index is 741. The maximum Gasteiger partial charge on any atom is 0.269 e. The largest absolute Gasteiger partial charge is 0.372 e. The first-order chi connectivity index (χ1) is 11.7. The average molecular weight is 325 g/mol. The van der Waals surface area contributed by atoms with E-state index >= 15 is 0 Å². The van der Waals surface area contributed by atoms with Gasteiger partial charge >= 0.3 is 0 Å². The van der Waals surface area contributed by atoms with Crippen LogP contribution in [-0.4, -0.2) is 23.8 Å². The minimum atomic E-state index is -0.404. The predicted molar refractivity (Wildman–Crippen MR) is 92.1 cm³/mol. The van der Waals surface area contributed by atoms with Crippen LogP contribution in [0, 0.1) is 10.1 Å². The van der Waals surface area contributed by atoms with Crippen molar-refractivity contribution in [2.24, 2.45) is 4.99 Å². The molecule has 3 rings (SSSR count). The van der Waals surface area contributed by atoms with E-state index in [1.807, 2.05) is 24.3 Å². The van der Waals surface area contributed by atoms with Crippen LogP contribution in [0.15, 0.2) is 53.5 Å². The van der Waals surface area contributed by atoms with E-state index < -0.39 is 4.92 Å². The lowest BCUT2D eigenvalue weighted by atomic mass is 10.1. The molecule has 0 saturated carbocycles. The summed E-state index contributed by atoms with van der Waals surface area (Å²) in [5.74, 6) is 0.927. The zero-order valence-electron chi connectivity index (χ0n) is 13.3. The molecule has 2 aromatic rings. The second-order valence-corrected chi connectivity index (χ2v) is 5.58. The zero-order valence-corrected chi connectivity index (χ0v) is 13.3. The molecule has 24 heavy (non-hydrogen) atoms. The van der Waals surface area contributed by atoms with Gasteiger partial charge in [-0.15, -0.1) is 0 Å². The molecule has 6 heteroatoms. The van der Waals surface area contributed by atoms with Crippen LogP contribution in [0.4, 0.5) is 5.69 Å². The monoisotopic (exact) mass is 325 g/mol. The number of hydrogen-bond donors (Lipinski definition) is 1. The van der Waals surface area contributed by atoms with E-state index in [0.717, 1.165) is 42.0 Å². The van der Waals surface area contributed by atoms with Gasteiger partial charge in [0.15, 0.2) is 0 Å². The molecule has 0 radical (unpaired) electrons. The molecule has 0 saturated heterocycles. The lowest BCUT2D eigenvalue weighted by Crippen LogP contribution is -2.31. The van der Waals surface area contributed by atoms with Crippen molar-refractivity contribution in [1.29, 1.82) is 0 Å². The first-order valence-corrected chi connectivity index (χ1v) is 7.92. The van der Waals surface area contributed by atoms with Gasteiger partial charge in [0.2, 0.25) is 0 Å². The highest BCUT2D eigenvalue weighted by Crippen LogP contribution is 2.15. The summed E-state index contributed by atoms with van der Waals surface area (Å²) in [5, 5.41) is 14.0. The number of nitro groups is 1. The summed E-state index contributed by atoms with van der Waals surface area (Å²) in [4.78, 5) is 14.8. The van der Waals surface area contributed by atoms with E-state index in [0.29, 0.717) is 13.2 Å². The van der Waals surface area contributed by atoms with Crippen LogP contribution in [0.25, 0.3) is 0 Å². The Morgan fingerprint density at radius 3 is 2.62 bits per heavy atom. The summed E-state index contributed by atoms with van der Waals surface area (Å²) in [5.41, 5.74) is 3.14. The third kappa shape index (κ3) is 3.97. The Morgan fingerprint density at radius 1 is 1.12 bits per heavy atom. The molecule has 0 fully saturated rings. The molecule has 1 heterocycles. The summed E-state index contributed by atoms with van der Waals surface area (Å²) in [6, 6.07) is 14.5. The molecule has 0 aliphatic carbocycles. The van der Waals surface area contributed by atoms with Gasteiger partial charge in [0.05, 0.1) is 18.1 Å². The van der Waals surface area contributed by atoms with Crippen LogP contribution in [0.5, 0.6) is 0 Å². The third-order valence-corrected chi connectivity index (χ3v) is 3.84. The summed E-state index contributed by atoms with van der Waals surface area (Å²) in [6.45, 7) is 2.66. The number of ether oxygens (including phenoxy) is 1. The van der Waals surface area contributed by atoms with Crippen molar-refractivity contribution < 1.29 is 9.66 Å². The van der Waals surface area contributed by atoms with Crippen molar-refractivity contribution in [3.05, 3.63) is 75.3 Å². The number of aliphatic imine (C=N–C) groups is 1. The molecule has 2 aromatic carbocycles. The Hall–Kier alpha value is -2.73. The average Bonchev–Trinajstić information content (AvgIpc) is 2.63. The van der Waals surface area contributed by atoms with E-state index in [2.05, 4.69) is 10.3 Å². The van der Waals surface area contributed by atoms with Crippen molar-refractivity contribution in [3.8, 4) is 0 Å². The molecule has 0 unspecified atom stereocenters. The van der Waals surface area contributed by atoms with Crippen LogP contribution in [0.1, 0.15) is 23.1 Å². The van der Waals surface area contributed by atoms with Crippen LogP contribution < -0.4 is 5.32 Å². The van der Waals surface area contributed by atoms with Crippen LogP contribution in [0.2, 0.25) is 0 Å². The zero-order chi connectivity index (χ0) is 16.8. The number of amidine groups is 1. The van der Waals surface area contributed by atoms with Crippen LogP contribution >= 0.6 is 0 Å². The molecule has 124 valence electrons. The highest BCUT2D eigenvalue weighted by molar-refractivity contribution is 6.00. The van der Waals surface area contributed by atoms with Gasteiger partial charge in [0.1, 0.15) is 5.84 Å². The van der Waals surface area contributed by atoms with E-state index in [4.69, 9.17) is 4.74 Å². The fourth-order valence-corrected chi connectivity index (χ4v) is 2.58. The summed E-state index contributed by atoms with van der Waals surface area (Å²) in [7, 11) is 0. The summed E-state index contributed by atoms with van der Waals surface area (Å²) < 4.78 is 5.78. The number of benzene rings is 2. The van der Waals surface area contributed by atoms with Gasteiger partial charge in [0.25, 0.3) is 5.69 Å². The smallest absolute Gasteiger partial charge is 0.269 e. The fourth-order valence-electron chi connectivity index (χ4n) is 2.58. The molecule has 1 N–H and O–H groups in total. The molecule has 1 aliphatic rings. The molecule has 0 aromatic heterocycles. The minimum absolute atomic E-state index is 0.0884. The third-order valence-electron chi connectivity index (χ3n) is 3.84. The van der Waals surface area contributed by atoms with Crippen molar-refractivity contribution in [2.45, 2.75) is 19.6 Å². The van der Waals surface area contributed by atoms with E-state index in [1.54, 1.807) is 12.1 Å². The summed E-state index contributed by atoms with van der Waals surface area (Å²) >= 11 is 0. The lowest BCUT2D eigenvalue weighted by molar-refractivity contribution is -0.384. The molecule has 6 nitrogen and oxygen atoms in total. The number of non-ortho nitro benzene ring substituents is 1. The maximum absolute atomic E-state index is 10.7. The van der Waals surface area contributed by atoms with Crippen molar-refractivity contribution in [2.75, 3.05) is 13.1 Å². The fraction of sp³-hybridized carbons (Fsp3) is 0.278. The normalized spacial score (nSPS) is 13.9. The van der Waals surface area contributed by atoms with E-state index in [1.165, 1.54) is 12.1 Å². The van der Waals surface area contributed by atoms with Gasteiger partial charge < -0.3 is 10.1 Å². The number of nitro benzene ring substituents is 1. The molecule has 0 bridgehead atoms. The Balaban J connectivity index is 1.62. The highest BCUT2D eigenvalue weighted by atomic mass is 16.6. The van der Waals surface area contributed by atoms with Gasteiger partial charge in [-0.2, -0.15) is 0 Å². The van der Waals surface area contributed by atoms with E-state index in [-0.39, 0.29) is 5.69 Å². The van der Waals surface area contributed by atoms with Crippen molar-refractivity contribution >= 4 is 11.5 Å². The lowest BCUT2D eigenvalue weighted by Gasteiger charge is -2.17. The standard InChI is InChI=1S/C18H19N3O3/c22-21(23)16-8-6-14(7-9-16)12-24-13-15-4-1-2-5-17(15)18-19-10-3-11-20-18/h1-2,4-9H,3,10-13H2,(H,19,20). The first kappa shape index (κ1) is 16.1. The minimum Gasteiger partial charge on any atom is -0.372 e. The Morgan fingerprint density at radius 2 is 1.92 bits per heavy atom. The van der Waals surface area contributed by atoms with E-state index in [9.17, 15) is 10.1 Å². The molecule has 1 aliphatic heterocycles. The number of rotatable bonds is 6. The van der Waals surface area contributed by atoms with Gasteiger partial charge in [0, 0.05) is 30.8 Å². The van der Waals surface area contributed by atoms with Crippen molar-refractivity contribution in [3.63, 3.8) is 0 Å². The number of nitrogens with zero attached hydrogens (tertiary/aromatic N) is 2. The Kier molecular flexibility index (Phi) is 5.18. The second-order valence-electron chi connectivity index (χ2n) is 5.58. The summed E-state index contributed by atoms with van der Waals surface area (Å²) in [6.07, 6.45) is 1.06. The number of hydrogen-bond acceptors (Lipinski definition) is 5. The topological polar surface area (TPSA) is 76.8 Å². The molecule has 0 amide bonds. The predicted octanol–water partition coefficient (Wildman–Crippen LogP) is 3.05. The molecule has 0 atom stereocenters. The molecular weight excluding hydrogens is 306 g/mol.